The Balaban J connectivity index is 2.10. The normalized spacial score (nSPS) is 12.2. The minimum Gasteiger partial charge on any atom is -0.481 e. The van der Waals surface area contributed by atoms with Crippen molar-refractivity contribution in [3.8, 4) is 5.88 Å². The number of nitrogens with zero attached hydrogens (tertiary/aromatic N) is 1. The van der Waals surface area contributed by atoms with Gasteiger partial charge in [0.25, 0.3) is 0 Å². The van der Waals surface area contributed by atoms with E-state index in [9.17, 15) is 9.50 Å². The SMILES string of the molecule is COc1ccc(C(O)Cc2ccc(F)c(Cl)c2)cn1. The predicted octanol–water partition coefficient (Wildman–Crippen LogP) is 3.16. The fourth-order valence-corrected chi connectivity index (χ4v) is 1.92. The summed E-state index contributed by atoms with van der Waals surface area (Å²) in [4.78, 5) is 4.02. The summed E-state index contributed by atoms with van der Waals surface area (Å²) in [6.45, 7) is 0. The third-order valence-corrected chi connectivity index (χ3v) is 3.06. The van der Waals surface area contributed by atoms with E-state index in [4.69, 9.17) is 16.3 Å². The van der Waals surface area contributed by atoms with E-state index in [1.165, 1.54) is 19.2 Å². The highest BCUT2D eigenvalue weighted by Crippen LogP contribution is 2.22. The standard InChI is InChI=1S/C14H13ClFNO2/c1-19-14-5-3-10(8-17-14)13(18)7-9-2-4-12(16)11(15)6-9/h2-6,8,13,18H,7H2,1H3. The first kappa shape index (κ1) is 13.8. The van der Waals surface area contributed by atoms with Gasteiger partial charge < -0.3 is 9.84 Å². The van der Waals surface area contributed by atoms with E-state index < -0.39 is 11.9 Å². The summed E-state index contributed by atoms with van der Waals surface area (Å²) in [6.07, 6.45) is 1.17. The quantitative estimate of drug-likeness (QED) is 0.936. The van der Waals surface area contributed by atoms with Crippen molar-refractivity contribution in [1.29, 1.82) is 0 Å². The topological polar surface area (TPSA) is 42.4 Å². The van der Waals surface area contributed by atoms with Crippen LogP contribution < -0.4 is 4.74 Å². The molecule has 0 amide bonds. The van der Waals surface area contributed by atoms with Crippen molar-refractivity contribution in [3.05, 3.63) is 58.5 Å². The van der Waals surface area contributed by atoms with Crippen LogP contribution in [0.4, 0.5) is 4.39 Å². The van der Waals surface area contributed by atoms with Gasteiger partial charge in [-0.3, -0.25) is 0 Å². The molecule has 0 aliphatic rings. The fraction of sp³-hybridized carbons (Fsp3) is 0.214. The molecule has 0 saturated carbocycles. The first-order valence-corrected chi connectivity index (χ1v) is 6.10. The first-order chi connectivity index (χ1) is 9.10. The Morgan fingerprint density at radius 2 is 2.16 bits per heavy atom. The molecule has 0 bridgehead atoms. The van der Waals surface area contributed by atoms with E-state index in [0.29, 0.717) is 17.9 Å². The third kappa shape index (κ3) is 3.43. The Bertz CT molecular complexity index is 560. The molecule has 0 spiro atoms. The number of benzene rings is 1. The minimum absolute atomic E-state index is 0.0533. The van der Waals surface area contributed by atoms with Crippen molar-refractivity contribution >= 4 is 11.6 Å². The first-order valence-electron chi connectivity index (χ1n) is 5.72. The fourth-order valence-electron chi connectivity index (χ4n) is 1.72. The van der Waals surface area contributed by atoms with E-state index >= 15 is 0 Å². The Labute approximate surface area is 115 Å². The molecule has 1 unspecified atom stereocenters. The largest absolute Gasteiger partial charge is 0.481 e. The van der Waals surface area contributed by atoms with Gasteiger partial charge in [-0.25, -0.2) is 9.37 Å². The van der Waals surface area contributed by atoms with Crippen LogP contribution in [0.5, 0.6) is 5.88 Å². The molecule has 0 aliphatic heterocycles. The maximum atomic E-state index is 13.0. The highest BCUT2D eigenvalue weighted by Gasteiger charge is 2.10. The second kappa shape index (κ2) is 5.99. The average molecular weight is 282 g/mol. The van der Waals surface area contributed by atoms with Gasteiger partial charge in [0, 0.05) is 18.7 Å². The zero-order valence-electron chi connectivity index (χ0n) is 10.3. The van der Waals surface area contributed by atoms with Gasteiger partial charge in [0.1, 0.15) is 5.82 Å². The summed E-state index contributed by atoms with van der Waals surface area (Å²) >= 11 is 5.70. The van der Waals surface area contributed by atoms with Crippen molar-refractivity contribution in [2.45, 2.75) is 12.5 Å². The second-order valence-electron chi connectivity index (χ2n) is 4.10. The van der Waals surface area contributed by atoms with Crippen LogP contribution in [0.15, 0.2) is 36.5 Å². The summed E-state index contributed by atoms with van der Waals surface area (Å²) in [5, 5.41) is 10.1. The van der Waals surface area contributed by atoms with Crippen LogP contribution in [0, 0.1) is 5.82 Å². The van der Waals surface area contributed by atoms with E-state index in [1.807, 2.05) is 0 Å². The number of halogens is 2. The molecule has 0 fully saturated rings. The molecule has 5 heteroatoms. The molecule has 1 aromatic carbocycles. The third-order valence-electron chi connectivity index (χ3n) is 2.77. The van der Waals surface area contributed by atoms with E-state index in [0.717, 1.165) is 5.56 Å². The molecule has 19 heavy (non-hydrogen) atoms. The number of pyridine rings is 1. The highest BCUT2D eigenvalue weighted by atomic mass is 35.5. The maximum absolute atomic E-state index is 13.0. The molecule has 1 N–H and O–H groups in total. The van der Waals surface area contributed by atoms with Crippen molar-refractivity contribution in [2.24, 2.45) is 0 Å². The van der Waals surface area contributed by atoms with Crippen LogP contribution in [0.25, 0.3) is 0 Å². The summed E-state index contributed by atoms with van der Waals surface area (Å²) in [6, 6.07) is 7.81. The van der Waals surface area contributed by atoms with Crippen molar-refractivity contribution < 1.29 is 14.2 Å². The summed E-state index contributed by atoms with van der Waals surface area (Å²) < 4.78 is 18.0. The predicted molar refractivity (Wildman–Crippen MR) is 70.9 cm³/mol. The van der Waals surface area contributed by atoms with Gasteiger partial charge in [-0.2, -0.15) is 0 Å². The summed E-state index contributed by atoms with van der Waals surface area (Å²) in [5.74, 6) is 0.0202. The molecule has 0 aliphatic carbocycles. The molecular formula is C14H13ClFNO2. The second-order valence-corrected chi connectivity index (χ2v) is 4.51. The van der Waals surface area contributed by atoms with Gasteiger partial charge in [-0.15, -0.1) is 0 Å². The molecular weight excluding hydrogens is 269 g/mol. The van der Waals surface area contributed by atoms with E-state index in [2.05, 4.69) is 4.98 Å². The van der Waals surface area contributed by atoms with Crippen molar-refractivity contribution in [1.82, 2.24) is 4.98 Å². The molecule has 3 nitrogen and oxygen atoms in total. The molecule has 1 atom stereocenters. The van der Waals surface area contributed by atoms with E-state index in [1.54, 1.807) is 24.4 Å². The Hall–Kier alpha value is -1.65. The Morgan fingerprint density at radius 1 is 1.37 bits per heavy atom. The number of aromatic nitrogens is 1. The minimum atomic E-state index is -0.722. The Morgan fingerprint density at radius 3 is 2.74 bits per heavy atom. The van der Waals surface area contributed by atoms with Gasteiger partial charge in [0.15, 0.2) is 0 Å². The molecule has 1 aromatic heterocycles. The van der Waals surface area contributed by atoms with Crippen LogP contribution in [0.2, 0.25) is 5.02 Å². The zero-order valence-corrected chi connectivity index (χ0v) is 11.1. The monoisotopic (exact) mass is 281 g/mol. The smallest absolute Gasteiger partial charge is 0.212 e. The maximum Gasteiger partial charge on any atom is 0.212 e. The number of rotatable bonds is 4. The number of hydrogen-bond donors (Lipinski definition) is 1. The lowest BCUT2D eigenvalue weighted by Gasteiger charge is -2.11. The summed E-state index contributed by atoms with van der Waals surface area (Å²) in [5.41, 5.74) is 1.43. The molecule has 2 rings (SSSR count). The van der Waals surface area contributed by atoms with Crippen LogP contribution >= 0.6 is 11.6 Å². The van der Waals surface area contributed by atoms with Crippen molar-refractivity contribution in [3.63, 3.8) is 0 Å². The molecule has 1 heterocycles. The number of aliphatic hydroxyl groups excluding tert-OH is 1. The molecule has 0 saturated heterocycles. The molecule has 100 valence electrons. The van der Waals surface area contributed by atoms with Gasteiger partial charge in [-0.05, 0) is 29.3 Å². The van der Waals surface area contributed by atoms with Crippen LogP contribution in [0.1, 0.15) is 17.2 Å². The molecule has 2 aromatic rings. The average Bonchev–Trinajstić information content (AvgIpc) is 2.43. The van der Waals surface area contributed by atoms with Gasteiger partial charge in [0.05, 0.1) is 18.2 Å². The van der Waals surface area contributed by atoms with Crippen LogP contribution in [0.3, 0.4) is 0 Å². The lowest BCUT2D eigenvalue weighted by Crippen LogP contribution is -2.03. The Kier molecular flexibility index (Phi) is 4.35. The summed E-state index contributed by atoms with van der Waals surface area (Å²) in [7, 11) is 1.53. The van der Waals surface area contributed by atoms with E-state index in [-0.39, 0.29) is 5.02 Å². The van der Waals surface area contributed by atoms with Crippen molar-refractivity contribution in [2.75, 3.05) is 7.11 Å². The van der Waals surface area contributed by atoms with Gasteiger partial charge >= 0.3 is 0 Å². The molecule has 0 radical (unpaired) electrons. The highest BCUT2D eigenvalue weighted by molar-refractivity contribution is 6.30. The number of hydrogen-bond acceptors (Lipinski definition) is 3. The van der Waals surface area contributed by atoms with Crippen LogP contribution in [-0.4, -0.2) is 17.2 Å². The lowest BCUT2D eigenvalue weighted by atomic mass is 10.0. The number of methoxy groups -OCH3 is 1. The van der Waals surface area contributed by atoms with Crippen LogP contribution in [-0.2, 0) is 6.42 Å². The lowest BCUT2D eigenvalue weighted by molar-refractivity contribution is 0.178. The van der Waals surface area contributed by atoms with Gasteiger partial charge in [0.2, 0.25) is 5.88 Å². The zero-order chi connectivity index (χ0) is 13.8. The number of ether oxygens (including phenoxy) is 1. The number of aliphatic hydroxyl groups is 1. The van der Waals surface area contributed by atoms with Gasteiger partial charge in [-0.1, -0.05) is 17.7 Å².